The lowest BCUT2D eigenvalue weighted by Gasteiger charge is -2.40. The van der Waals surface area contributed by atoms with Crippen LogP contribution in [0.2, 0.25) is 0 Å². The third kappa shape index (κ3) is 5.85. The molecule has 0 spiro atoms. The zero-order chi connectivity index (χ0) is 26.6. The van der Waals surface area contributed by atoms with Gasteiger partial charge in [-0.1, -0.05) is 0 Å². The van der Waals surface area contributed by atoms with E-state index < -0.39 is 84.3 Å². The lowest BCUT2D eigenvalue weighted by Crippen LogP contribution is -2.61. The first-order chi connectivity index (χ1) is 13.4. The number of ether oxygens (including phenoxy) is 2. The number of halogens is 14. The van der Waals surface area contributed by atoms with Gasteiger partial charge in [0.15, 0.2) is 0 Å². The van der Waals surface area contributed by atoms with Gasteiger partial charge in [0.1, 0.15) is 0 Å². The van der Waals surface area contributed by atoms with E-state index in [4.69, 9.17) is 4.55 Å². The molecule has 0 amide bonds. The highest BCUT2D eigenvalue weighted by atomic mass is 32.2. The maximum Gasteiger partial charge on any atom is 0.460 e. The number of rotatable bonds is 11. The van der Waals surface area contributed by atoms with E-state index in [1.54, 1.807) is 0 Å². The van der Waals surface area contributed by atoms with E-state index in [9.17, 15) is 69.9 Å². The minimum atomic E-state index is -7.21. The van der Waals surface area contributed by atoms with Gasteiger partial charge >= 0.3 is 51.2 Å². The number of hydrogen-bond acceptors (Lipinski definition) is 4. The molecule has 5 nitrogen and oxygen atoms in total. The Balaban J connectivity index is 6.29. The molecule has 0 aromatic heterocycles. The molecule has 0 bridgehead atoms. The quantitative estimate of drug-likeness (QED) is 0.285. The van der Waals surface area contributed by atoms with Crippen LogP contribution < -0.4 is 0 Å². The summed E-state index contributed by atoms with van der Waals surface area (Å²) in [5, 5.41) is -6.87. The van der Waals surface area contributed by atoms with E-state index in [1.165, 1.54) is 0 Å². The summed E-state index contributed by atoms with van der Waals surface area (Å²) in [5.41, 5.74) is 0. The van der Waals surface area contributed by atoms with Crippen LogP contribution in [0.3, 0.4) is 0 Å². The first-order valence-electron chi connectivity index (χ1n) is 7.39. The maximum absolute atomic E-state index is 14.2. The molecule has 2 unspecified atom stereocenters. The second kappa shape index (κ2) is 7.97. The largest absolute Gasteiger partial charge is 0.460 e. The molecule has 0 aromatic rings. The molecule has 1 N–H and O–H groups in total. The zero-order valence-electron chi connectivity index (χ0n) is 15.5. The van der Waals surface area contributed by atoms with E-state index in [-0.39, 0.29) is 0 Å². The highest BCUT2D eigenvalue weighted by molar-refractivity contribution is 7.86. The zero-order valence-corrected chi connectivity index (χ0v) is 16.3. The normalized spacial score (nSPS) is 19.4. The summed E-state index contributed by atoms with van der Waals surface area (Å²) in [6.07, 6.45) is -17.3. The van der Waals surface area contributed by atoms with Gasteiger partial charge in [0.2, 0.25) is 0 Å². The molecule has 0 heterocycles. The van der Waals surface area contributed by atoms with Crippen LogP contribution in [-0.4, -0.2) is 59.9 Å². The molecule has 194 valence electrons. The van der Waals surface area contributed by atoms with Gasteiger partial charge in [0, 0.05) is 20.8 Å². The Hall–Kier alpha value is -1.15. The van der Waals surface area contributed by atoms with Crippen molar-refractivity contribution in [3.63, 3.8) is 0 Å². The molecule has 0 aliphatic heterocycles. The molecule has 0 saturated heterocycles. The van der Waals surface area contributed by atoms with Gasteiger partial charge in [-0.05, 0) is 0 Å². The standard InChI is InChI=1S/C12H12F14O5S/c1-5(13,14)8(18,19)4-9(20,6(2,15)16)31-10(21,22)7(3,17)30-11(23,24)12(25,26)32(27,28)29/h4H2,1-3H3,(H,27,28,29). The average molecular weight is 534 g/mol. The van der Waals surface area contributed by atoms with E-state index in [1.807, 2.05) is 0 Å². The van der Waals surface area contributed by atoms with Gasteiger partial charge in [-0.15, -0.1) is 0 Å². The summed E-state index contributed by atoms with van der Waals surface area (Å²) in [4.78, 5) is 0. The molecule has 0 aliphatic rings. The Bertz CT molecular complexity index is 785. The van der Waals surface area contributed by atoms with E-state index in [0.717, 1.165) is 0 Å². The van der Waals surface area contributed by atoms with Crippen LogP contribution in [-0.2, 0) is 19.6 Å². The van der Waals surface area contributed by atoms with Crippen molar-refractivity contribution in [1.82, 2.24) is 0 Å². The fraction of sp³-hybridized carbons (Fsp3) is 1.00. The van der Waals surface area contributed by atoms with Gasteiger partial charge < -0.3 is 0 Å². The Morgan fingerprint density at radius 3 is 1.31 bits per heavy atom. The second-order valence-electron chi connectivity index (χ2n) is 6.53. The van der Waals surface area contributed by atoms with Gasteiger partial charge in [-0.3, -0.25) is 14.0 Å². The second-order valence-corrected chi connectivity index (χ2v) is 8.00. The van der Waals surface area contributed by atoms with Gasteiger partial charge in [0.05, 0.1) is 6.42 Å². The summed E-state index contributed by atoms with van der Waals surface area (Å²) in [5.74, 6) is -28.8. The topological polar surface area (TPSA) is 72.8 Å². The lowest BCUT2D eigenvalue weighted by molar-refractivity contribution is -0.490. The first-order valence-corrected chi connectivity index (χ1v) is 8.83. The van der Waals surface area contributed by atoms with Crippen molar-refractivity contribution in [3.8, 4) is 0 Å². The predicted octanol–water partition coefficient (Wildman–Crippen LogP) is 5.37. The van der Waals surface area contributed by atoms with E-state index in [2.05, 4.69) is 9.47 Å². The van der Waals surface area contributed by atoms with Crippen molar-refractivity contribution in [2.45, 2.75) is 74.1 Å². The van der Waals surface area contributed by atoms with Crippen LogP contribution in [0.25, 0.3) is 0 Å². The van der Waals surface area contributed by atoms with Crippen LogP contribution in [0.5, 0.6) is 0 Å². The predicted molar refractivity (Wildman–Crippen MR) is 72.7 cm³/mol. The summed E-state index contributed by atoms with van der Waals surface area (Å²) >= 11 is 0. The molecule has 20 heteroatoms. The van der Waals surface area contributed by atoms with Crippen molar-refractivity contribution in [3.05, 3.63) is 0 Å². The van der Waals surface area contributed by atoms with Crippen LogP contribution in [0.4, 0.5) is 61.5 Å². The minimum absolute atomic E-state index is 0.681. The third-order valence-corrected chi connectivity index (χ3v) is 4.43. The fourth-order valence-corrected chi connectivity index (χ4v) is 1.87. The Kier molecular flexibility index (Phi) is 7.68. The highest BCUT2D eigenvalue weighted by Crippen LogP contribution is 2.52. The Labute approximate surface area is 169 Å². The molecule has 0 saturated carbocycles. The van der Waals surface area contributed by atoms with Crippen LogP contribution in [0.1, 0.15) is 27.2 Å². The molecule has 0 aliphatic carbocycles. The van der Waals surface area contributed by atoms with E-state index >= 15 is 0 Å². The average Bonchev–Trinajstić information content (AvgIpc) is 2.40. The van der Waals surface area contributed by atoms with Crippen molar-refractivity contribution in [1.29, 1.82) is 0 Å². The van der Waals surface area contributed by atoms with Gasteiger partial charge in [-0.25, -0.2) is 26.3 Å². The third-order valence-electron chi connectivity index (χ3n) is 3.54. The van der Waals surface area contributed by atoms with Crippen LogP contribution in [0, 0.1) is 0 Å². The number of hydrogen-bond donors (Lipinski definition) is 1. The lowest BCUT2D eigenvalue weighted by atomic mass is 9.99. The van der Waals surface area contributed by atoms with E-state index in [0.29, 0.717) is 0 Å². The maximum atomic E-state index is 14.2. The molecular weight excluding hydrogens is 522 g/mol. The van der Waals surface area contributed by atoms with Gasteiger partial charge in [-0.2, -0.15) is 43.5 Å². The van der Waals surface area contributed by atoms with Gasteiger partial charge in [0.25, 0.3) is 5.85 Å². The summed E-state index contributed by atoms with van der Waals surface area (Å²) in [6.45, 7) is -2.55. The highest BCUT2D eigenvalue weighted by Gasteiger charge is 2.75. The van der Waals surface area contributed by atoms with Crippen molar-refractivity contribution in [2.24, 2.45) is 0 Å². The number of alkyl halides is 14. The molecule has 32 heavy (non-hydrogen) atoms. The minimum Gasteiger partial charge on any atom is -0.281 e. The monoisotopic (exact) mass is 534 g/mol. The van der Waals surface area contributed by atoms with Crippen LogP contribution in [0.15, 0.2) is 0 Å². The van der Waals surface area contributed by atoms with Crippen molar-refractivity contribution < 1.29 is 83.9 Å². The fourth-order valence-electron chi connectivity index (χ4n) is 1.53. The molecule has 0 rings (SSSR count). The summed E-state index contributed by atoms with van der Waals surface area (Å²) < 4.78 is 220. The molecular formula is C12H12F14O5S. The summed E-state index contributed by atoms with van der Waals surface area (Å²) in [7, 11) is -7.21. The Morgan fingerprint density at radius 2 is 1.03 bits per heavy atom. The van der Waals surface area contributed by atoms with Crippen molar-refractivity contribution in [2.75, 3.05) is 0 Å². The molecule has 0 fully saturated rings. The SMILES string of the molecule is CC(F)(F)C(F)(F)CC(F)(OC(F)(F)C(C)(F)OC(F)(F)C(F)(F)S(=O)(=O)O)C(C)(F)F. The molecule has 2 atom stereocenters. The Morgan fingerprint density at radius 1 is 0.656 bits per heavy atom. The smallest absolute Gasteiger partial charge is 0.281 e. The van der Waals surface area contributed by atoms with Crippen LogP contribution >= 0.6 is 0 Å². The van der Waals surface area contributed by atoms with Crippen molar-refractivity contribution >= 4 is 10.1 Å². The first kappa shape index (κ1) is 30.8. The molecule has 0 aromatic carbocycles. The molecule has 0 radical (unpaired) electrons. The summed E-state index contributed by atoms with van der Waals surface area (Å²) in [6, 6.07) is 0.